The van der Waals surface area contributed by atoms with Gasteiger partial charge in [-0.15, -0.1) is 0 Å². The highest BCUT2D eigenvalue weighted by molar-refractivity contribution is 5.77. The van der Waals surface area contributed by atoms with Crippen molar-refractivity contribution in [1.82, 2.24) is 5.32 Å². The Hall–Kier alpha value is -1.02. The zero-order valence-corrected chi connectivity index (χ0v) is 9.78. The van der Waals surface area contributed by atoms with Crippen molar-refractivity contribution in [3.05, 3.63) is 0 Å². The molecule has 0 aliphatic rings. The average molecular weight is 249 g/mol. The minimum atomic E-state index is -1.69. The molecule has 0 spiro atoms. The van der Waals surface area contributed by atoms with E-state index in [1.165, 1.54) is 13.8 Å². The van der Waals surface area contributed by atoms with Gasteiger partial charge in [-0.25, -0.2) is 0 Å². The van der Waals surface area contributed by atoms with Crippen molar-refractivity contribution in [2.24, 2.45) is 0 Å². The fourth-order valence-electron chi connectivity index (χ4n) is 1.30. The summed E-state index contributed by atoms with van der Waals surface area (Å²) in [5.41, 5.74) is 0. The second-order valence-corrected chi connectivity index (χ2v) is 4.00. The first-order valence-electron chi connectivity index (χ1n) is 5.26. The zero-order chi connectivity index (χ0) is 13.6. The summed E-state index contributed by atoms with van der Waals surface area (Å²) in [5, 5.41) is 39.2. The zero-order valence-electron chi connectivity index (χ0n) is 9.78. The molecule has 17 heavy (non-hydrogen) atoms. The Morgan fingerprint density at radius 1 is 1.24 bits per heavy atom. The standard InChI is InChI=1S/C10H19NO6/c1-5(13)3-8(16)11-9(6(2)14)10(17)7(15)4-12/h4-7,9-10,13-15,17H,3H2,1-2H3,(H,11,16)/t5-,6+,7-,9+,10+/m0/s1. The summed E-state index contributed by atoms with van der Waals surface area (Å²) in [6.45, 7) is 2.71. The fourth-order valence-corrected chi connectivity index (χ4v) is 1.30. The number of hydrogen-bond acceptors (Lipinski definition) is 6. The van der Waals surface area contributed by atoms with Gasteiger partial charge < -0.3 is 30.5 Å². The summed E-state index contributed by atoms with van der Waals surface area (Å²) in [6, 6.07) is -1.18. The molecule has 0 aromatic carbocycles. The normalized spacial score (nSPS) is 19.9. The van der Waals surface area contributed by atoms with Crippen LogP contribution in [0, 0.1) is 0 Å². The van der Waals surface area contributed by atoms with Crippen molar-refractivity contribution in [2.45, 2.75) is 50.7 Å². The predicted octanol–water partition coefficient (Wildman–Crippen LogP) is -2.46. The number of carbonyl (C=O) groups is 2. The number of aldehydes is 1. The van der Waals surface area contributed by atoms with Crippen LogP contribution < -0.4 is 5.32 Å². The lowest BCUT2D eigenvalue weighted by atomic mass is 10.0. The Balaban J connectivity index is 4.53. The lowest BCUT2D eigenvalue weighted by molar-refractivity contribution is -0.130. The van der Waals surface area contributed by atoms with Crippen LogP contribution in [0.25, 0.3) is 0 Å². The number of aliphatic hydroxyl groups is 4. The van der Waals surface area contributed by atoms with E-state index in [1.54, 1.807) is 0 Å². The maximum absolute atomic E-state index is 11.3. The molecular formula is C10H19NO6. The second kappa shape index (κ2) is 7.33. The lowest BCUT2D eigenvalue weighted by Crippen LogP contribution is -2.54. The summed E-state index contributed by atoms with van der Waals surface area (Å²) >= 11 is 0. The molecule has 0 aliphatic heterocycles. The Kier molecular flexibility index (Phi) is 6.89. The Morgan fingerprint density at radius 3 is 2.12 bits per heavy atom. The number of carbonyl (C=O) groups excluding carboxylic acids is 2. The van der Waals surface area contributed by atoms with Crippen LogP contribution in [0.15, 0.2) is 0 Å². The van der Waals surface area contributed by atoms with Crippen LogP contribution in [0.4, 0.5) is 0 Å². The number of aliphatic hydroxyl groups excluding tert-OH is 4. The highest BCUT2D eigenvalue weighted by atomic mass is 16.3. The largest absolute Gasteiger partial charge is 0.393 e. The first-order chi connectivity index (χ1) is 7.79. The van der Waals surface area contributed by atoms with Gasteiger partial charge in [0.15, 0.2) is 6.29 Å². The maximum atomic E-state index is 11.3. The summed E-state index contributed by atoms with van der Waals surface area (Å²) in [7, 11) is 0. The number of hydrogen-bond donors (Lipinski definition) is 5. The van der Waals surface area contributed by atoms with Crippen LogP contribution in [0.3, 0.4) is 0 Å². The van der Waals surface area contributed by atoms with Crippen molar-refractivity contribution < 1.29 is 30.0 Å². The van der Waals surface area contributed by atoms with Gasteiger partial charge in [0.05, 0.1) is 24.7 Å². The first-order valence-corrected chi connectivity index (χ1v) is 5.26. The quantitative estimate of drug-likeness (QED) is 0.319. The minimum absolute atomic E-state index is 0.112. The molecule has 5 N–H and O–H groups in total. The molecule has 0 saturated heterocycles. The van der Waals surface area contributed by atoms with Gasteiger partial charge in [0.2, 0.25) is 5.91 Å². The molecule has 100 valence electrons. The minimum Gasteiger partial charge on any atom is -0.393 e. The van der Waals surface area contributed by atoms with Crippen LogP contribution in [-0.4, -0.2) is 63.1 Å². The van der Waals surface area contributed by atoms with E-state index in [0.29, 0.717) is 0 Å². The molecule has 7 heteroatoms. The van der Waals surface area contributed by atoms with Gasteiger partial charge in [-0.2, -0.15) is 0 Å². The van der Waals surface area contributed by atoms with Gasteiger partial charge in [0.1, 0.15) is 12.2 Å². The van der Waals surface area contributed by atoms with Crippen LogP contribution in [-0.2, 0) is 9.59 Å². The van der Waals surface area contributed by atoms with Gasteiger partial charge in [-0.3, -0.25) is 4.79 Å². The molecule has 0 saturated carbocycles. The van der Waals surface area contributed by atoms with Crippen LogP contribution in [0.1, 0.15) is 20.3 Å². The summed E-state index contributed by atoms with van der Waals surface area (Å²) < 4.78 is 0. The van der Waals surface area contributed by atoms with Gasteiger partial charge in [0.25, 0.3) is 0 Å². The van der Waals surface area contributed by atoms with Crippen molar-refractivity contribution >= 4 is 12.2 Å². The van der Waals surface area contributed by atoms with E-state index in [1.807, 2.05) is 0 Å². The summed E-state index contributed by atoms with van der Waals surface area (Å²) in [6.07, 6.45) is -5.41. The number of nitrogens with one attached hydrogen (secondary N) is 1. The van der Waals surface area contributed by atoms with Gasteiger partial charge in [-0.1, -0.05) is 0 Å². The molecule has 0 radical (unpaired) electrons. The maximum Gasteiger partial charge on any atom is 0.222 e. The Labute approximate surface area is 99.1 Å². The first kappa shape index (κ1) is 16.0. The molecule has 1 amide bonds. The van der Waals surface area contributed by atoms with E-state index in [4.69, 9.17) is 10.2 Å². The molecule has 0 aliphatic carbocycles. The summed E-state index contributed by atoms with van der Waals surface area (Å²) in [4.78, 5) is 21.6. The fraction of sp³-hybridized carbons (Fsp3) is 0.800. The van der Waals surface area contributed by atoms with Gasteiger partial charge in [0, 0.05) is 0 Å². The Morgan fingerprint density at radius 2 is 1.76 bits per heavy atom. The van der Waals surface area contributed by atoms with Crippen molar-refractivity contribution in [3.8, 4) is 0 Å². The van der Waals surface area contributed by atoms with E-state index >= 15 is 0 Å². The molecule has 0 unspecified atom stereocenters. The molecule has 0 heterocycles. The van der Waals surface area contributed by atoms with Crippen LogP contribution in [0.5, 0.6) is 0 Å². The number of rotatable bonds is 7. The third kappa shape index (κ3) is 5.73. The molecular weight excluding hydrogens is 230 g/mol. The van der Waals surface area contributed by atoms with E-state index in [9.17, 15) is 19.8 Å². The molecule has 0 rings (SSSR count). The van der Waals surface area contributed by atoms with E-state index in [0.717, 1.165) is 0 Å². The van der Waals surface area contributed by atoms with Crippen LogP contribution >= 0.6 is 0 Å². The predicted molar refractivity (Wildman–Crippen MR) is 58.0 cm³/mol. The third-order valence-corrected chi connectivity index (χ3v) is 2.19. The topological polar surface area (TPSA) is 127 Å². The molecule has 5 atom stereocenters. The van der Waals surface area contributed by atoms with Crippen molar-refractivity contribution in [3.63, 3.8) is 0 Å². The lowest BCUT2D eigenvalue weighted by Gasteiger charge is -2.27. The highest BCUT2D eigenvalue weighted by Crippen LogP contribution is 2.05. The molecule has 0 aromatic heterocycles. The SMILES string of the molecule is C[C@H](O)CC(=O)N[C@@H]([C@H](O)[C@@H](O)C=O)[C@@H](C)O. The monoisotopic (exact) mass is 249 g/mol. The smallest absolute Gasteiger partial charge is 0.222 e. The average Bonchev–Trinajstić information content (AvgIpc) is 2.22. The van der Waals surface area contributed by atoms with Gasteiger partial charge in [-0.05, 0) is 13.8 Å². The third-order valence-electron chi connectivity index (χ3n) is 2.19. The highest BCUT2D eigenvalue weighted by Gasteiger charge is 2.31. The van der Waals surface area contributed by atoms with E-state index in [2.05, 4.69) is 5.32 Å². The van der Waals surface area contributed by atoms with Crippen molar-refractivity contribution in [2.75, 3.05) is 0 Å². The molecule has 0 bridgehead atoms. The molecule has 0 fully saturated rings. The van der Waals surface area contributed by atoms with E-state index < -0.39 is 36.4 Å². The molecule has 7 nitrogen and oxygen atoms in total. The van der Waals surface area contributed by atoms with E-state index in [-0.39, 0.29) is 12.7 Å². The number of amides is 1. The van der Waals surface area contributed by atoms with Crippen LogP contribution in [0.2, 0.25) is 0 Å². The summed E-state index contributed by atoms with van der Waals surface area (Å²) in [5.74, 6) is -0.594. The molecule has 0 aromatic rings. The van der Waals surface area contributed by atoms with Crippen molar-refractivity contribution in [1.29, 1.82) is 0 Å². The van der Waals surface area contributed by atoms with Gasteiger partial charge >= 0.3 is 0 Å². The second-order valence-electron chi connectivity index (χ2n) is 4.00. The Bertz CT molecular complexity index is 255.